The monoisotopic (exact) mass is 341 g/mol. The van der Waals surface area contributed by atoms with E-state index in [0.717, 1.165) is 22.4 Å². The first-order chi connectivity index (χ1) is 12.1. The van der Waals surface area contributed by atoms with Crippen molar-refractivity contribution >= 4 is 17.2 Å². The number of imidazole rings is 1. The third kappa shape index (κ3) is 2.47. The summed E-state index contributed by atoms with van der Waals surface area (Å²) in [6.07, 6.45) is 8.60. The number of allylic oxidation sites excluding steroid dienone is 1. The standard InChI is InChI=1S/C18H15F2N5.H2/c19-15-8-21-16-4-1-11(9-25(15)16)12-2-3-14-13(12)7-22-17(24-14)23-10-18(20)5-6-18;/h1-2,4,7-9H,3,5-6,10H2,(H,22,23,24);1H. The summed E-state index contributed by atoms with van der Waals surface area (Å²) in [7, 11) is 0. The van der Waals surface area contributed by atoms with Crippen molar-refractivity contribution in [2.75, 3.05) is 11.9 Å². The van der Waals surface area contributed by atoms with Gasteiger partial charge < -0.3 is 5.32 Å². The van der Waals surface area contributed by atoms with Crippen molar-refractivity contribution in [3.63, 3.8) is 0 Å². The first-order valence-corrected chi connectivity index (χ1v) is 8.24. The number of alkyl halides is 1. The second-order valence-corrected chi connectivity index (χ2v) is 6.61. The van der Waals surface area contributed by atoms with Gasteiger partial charge in [-0.25, -0.2) is 19.3 Å². The summed E-state index contributed by atoms with van der Waals surface area (Å²) in [5.41, 5.74) is 3.15. The maximum Gasteiger partial charge on any atom is 0.223 e. The van der Waals surface area contributed by atoms with Gasteiger partial charge in [-0.2, -0.15) is 4.39 Å². The van der Waals surface area contributed by atoms with Crippen molar-refractivity contribution in [2.45, 2.75) is 24.9 Å². The summed E-state index contributed by atoms with van der Waals surface area (Å²) in [4.78, 5) is 12.8. The minimum Gasteiger partial charge on any atom is -0.351 e. The van der Waals surface area contributed by atoms with Gasteiger partial charge in [0.15, 0.2) is 0 Å². The maximum atomic E-state index is 13.8. The Bertz CT molecular complexity index is 1030. The summed E-state index contributed by atoms with van der Waals surface area (Å²) in [6.45, 7) is 0.253. The van der Waals surface area contributed by atoms with E-state index in [1.54, 1.807) is 18.5 Å². The number of pyridine rings is 1. The van der Waals surface area contributed by atoms with E-state index in [0.29, 0.717) is 30.9 Å². The SMILES string of the molecule is Fc1cnc2ccc(C3=CCc4nc(NCC5(F)CC5)ncc43)cn12.[HH]. The lowest BCUT2D eigenvalue weighted by molar-refractivity contribution is 0.326. The fourth-order valence-corrected chi connectivity index (χ4v) is 3.12. The Labute approximate surface area is 143 Å². The molecular formula is C18H17F2N5. The van der Waals surface area contributed by atoms with Crippen LogP contribution in [0.2, 0.25) is 0 Å². The molecule has 25 heavy (non-hydrogen) atoms. The van der Waals surface area contributed by atoms with Crippen molar-refractivity contribution in [3.8, 4) is 0 Å². The van der Waals surface area contributed by atoms with Crippen LogP contribution in [0, 0.1) is 5.95 Å². The van der Waals surface area contributed by atoms with E-state index in [4.69, 9.17) is 0 Å². The van der Waals surface area contributed by atoms with Crippen molar-refractivity contribution in [1.29, 1.82) is 0 Å². The number of fused-ring (bicyclic) bond motifs is 2. The van der Waals surface area contributed by atoms with E-state index in [1.807, 2.05) is 6.07 Å². The summed E-state index contributed by atoms with van der Waals surface area (Å²) in [5, 5.41) is 2.98. The van der Waals surface area contributed by atoms with E-state index >= 15 is 0 Å². The van der Waals surface area contributed by atoms with Crippen LogP contribution in [0.5, 0.6) is 0 Å². The van der Waals surface area contributed by atoms with Gasteiger partial charge in [0.05, 0.1) is 18.4 Å². The quantitative estimate of drug-likeness (QED) is 0.790. The second kappa shape index (κ2) is 5.08. The van der Waals surface area contributed by atoms with Gasteiger partial charge in [0, 0.05) is 25.8 Å². The third-order valence-electron chi connectivity index (χ3n) is 4.78. The summed E-state index contributed by atoms with van der Waals surface area (Å²) >= 11 is 0. The molecule has 2 aliphatic carbocycles. The first kappa shape index (κ1) is 14.5. The Morgan fingerprint density at radius 2 is 2.12 bits per heavy atom. The van der Waals surface area contributed by atoms with Gasteiger partial charge in [0.1, 0.15) is 11.3 Å². The van der Waals surface area contributed by atoms with Crippen LogP contribution in [0.4, 0.5) is 14.7 Å². The predicted molar refractivity (Wildman–Crippen MR) is 91.6 cm³/mol. The molecule has 0 radical (unpaired) electrons. The summed E-state index contributed by atoms with van der Waals surface area (Å²) < 4.78 is 28.9. The Balaban J connectivity index is 0.00000168. The Morgan fingerprint density at radius 3 is 2.96 bits per heavy atom. The van der Waals surface area contributed by atoms with E-state index < -0.39 is 11.6 Å². The molecule has 128 valence electrons. The molecule has 5 nitrogen and oxygen atoms in total. The van der Waals surface area contributed by atoms with E-state index in [1.165, 1.54) is 10.6 Å². The molecule has 0 aliphatic heterocycles. The topological polar surface area (TPSA) is 55.1 Å². The van der Waals surface area contributed by atoms with Gasteiger partial charge >= 0.3 is 0 Å². The van der Waals surface area contributed by atoms with E-state index in [9.17, 15) is 8.78 Å². The number of halogens is 2. The minimum atomic E-state index is -1.09. The number of anilines is 1. The van der Waals surface area contributed by atoms with Gasteiger partial charge in [-0.05, 0) is 36.1 Å². The Hall–Kier alpha value is -2.83. The molecular weight excluding hydrogens is 324 g/mol. The number of aromatic nitrogens is 4. The lowest BCUT2D eigenvalue weighted by Gasteiger charge is -2.10. The molecule has 0 unspecified atom stereocenters. The highest BCUT2D eigenvalue weighted by Gasteiger charge is 2.43. The molecule has 5 rings (SSSR count). The number of nitrogens with one attached hydrogen (secondary N) is 1. The zero-order valence-electron chi connectivity index (χ0n) is 13.3. The molecule has 7 heteroatoms. The van der Waals surface area contributed by atoms with Crippen molar-refractivity contribution in [3.05, 3.63) is 59.6 Å². The molecule has 0 aromatic carbocycles. The summed E-state index contributed by atoms with van der Waals surface area (Å²) in [5.74, 6) is 0.0557. The third-order valence-corrected chi connectivity index (χ3v) is 4.78. The molecule has 1 fully saturated rings. The number of hydrogen-bond acceptors (Lipinski definition) is 4. The maximum absolute atomic E-state index is 13.8. The second-order valence-electron chi connectivity index (χ2n) is 6.61. The zero-order valence-corrected chi connectivity index (χ0v) is 13.3. The number of hydrogen-bond donors (Lipinski definition) is 1. The lowest BCUT2D eigenvalue weighted by Crippen LogP contribution is -2.17. The van der Waals surface area contributed by atoms with Crippen LogP contribution in [-0.4, -0.2) is 31.6 Å². The average Bonchev–Trinajstić information content (AvgIpc) is 3.05. The highest BCUT2D eigenvalue weighted by atomic mass is 19.1. The molecule has 0 spiro atoms. The van der Waals surface area contributed by atoms with Crippen LogP contribution >= 0.6 is 0 Å². The molecule has 0 atom stereocenters. The van der Waals surface area contributed by atoms with Gasteiger partial charge in [0.2, 0.25) is 11.9 Å². The molecule has 3 heterocycles. The van der Waals surface area contributed by atoms with Crippen LogP contribution in [0.25, 0.3) is 11.2 Å². The van der Waals surface area contributed by atoms with Crippen molar-refractivity contribution < 1.29 is 10.2 Å². The average molecular weight is 341 g/mol. The first-order valence-electron chi connectivity index (χ1n) is 8.24. The fraction of sp³-hybridized carbons (Fsp3) is 0.278. The van der Waals surface area contributed by atoms with Gasteiger partial charge in [-0.15, -0.1) is 0 Å². The minimum absolute atomic E-state index is 0. The van der Waals surface area contributed by atoms with E-state index in [-0.39, 0.29) is 7.97 Å². The highest BCUT2D eigenvalue weighted by molar-refractivity contribution is 5.83. The van der Waals surface area contributed by atoms with Crippen LogP contribution in [-0.2, 0) is 6.42 Å². The van der Waals surface area contributed by atoms with Gasteiger partial charge in [-0.1, -0.05) is 6.08 Å². The zero-order chi connectivity index (χ0) is 17.0. The van der Waals surface area contributed by atoms with Gasteiger partial charge in [-0.3, -0.25) is 4.40 Å². The molecule has 2 aliphatic rings. The molecule has 0 bridgehead atoms. The normalized spacial score (nSPS) is 17.4. The smallest absolute Gasteiger partial charge is 0.223 e. The van der Waals surface area contributed by atoms with Crippen LogP contribution in [0.3, 0.4) is 0 Å². The molecule has 0 amide bonds. The predicted octanol–water partition coefficient (Wildman–Crippen LogP) is 3.41. The Kier molecular flexibility index (Phi) is 2.95. The molecule has 1 saturated carbocycles. The highest BCUT2D eigenvalue weighted by Crippen LogP contribution is 2.39. The van der Waals surface area contributed by atoms with Crippen molar-refractivity contribution in [2.24, 2.45) is 0 Å². The number of rotatable bonds is 4. The molecule has 1 N–H and O–H groups in total. The van der Waals surface area contributed by atoms with Crippen LogP contribution in [0.1, 0.15) is 31.1 Å². The summed E-state index contributed by atoms with van der Waals surface area (Å²) in [6, 6.07) is 3.69. The van der Waals surface area contributed by atoms with Crippen molar-refractivity contribution in [1.82, 2.24) is 19.4 Å². The van der Waals surface area contributed by atoms with Crippen LogP contribution < -0.4 is 5.32 Å². The van der Waals surface area contributed by atoms with E-state index in [2.05, 4.69) is 26.3 Å². The number of nitrogens with zero attached hydrogens (tertiary/aromatic N) is 4. The molecule has 3 aromatic heterocycles. The van der Waals surface area contributed by atoms with Crippen LogP contribution in [0.15, 0.2) is 36.8 Å². The fourth-order valence-electron chi connectivity index (χ4n) is 3.12. The molecule has 3 aromatic rings. The lowest BCUT2D eigenvalue weighted by atomic mass is 10.0. The largest absolute Gasteiger partial charge is 0.351 e. The van der Waals surface area contributed by atoms with Gasteiger partial charge in [0.25, 0.3) is 0 Å². The molecule has 0 saturated heterocycles. The Morgan fingerprint density at radius 1 is 1.24 bits per heavy atom.